The van der Waals surface area contributed by atoms with Crippen molar-refractivity contribution >= 4 is 35.2 Å². The maximum absolute atomic E-state index is 12.4. The summed E-state index contributed by atoms with van der Waals surface area (Å²) in [5.41, 5.74) is 0.756. The Bertz CT molecular complexity index is 675. The van der Waals surface area contributed by atoms with E-state index < -0.39 is 0 Å². The second-order valence-electron chi connectivity index (χ2n) is 5.98. The first kappa shape index (κ1) is 16.8. The Labute approximate surface area is 145 Å². The molecule has 1 saturated heterocycles. The number of nitrogens with zero attached hydrogens (tertiary/aromatic N) is 1. The lowest BCUT2D eigenvalue weighted by Gasteiger charge is -2.15. The number of thioether (sulfide) groups is 1. The minimum absolute atomic E-state index is 0.118. The molecule has 1 heterocycles. The van der Waals surface area contributed by atoms with E-state index in [4.69, 9.17) is 0 Å². The van der Waals surface area contributed by atoms with Crippen molar-refractivity contribution < 1.29 is 14.4 Å². The quantitative estimate of drug-likeness (QED) is 0.507. The van der Waals surface area contributed by atoms with E-state index in [0.29, 0.717) is 12.8 Å². The number of benzene rings is 1. The molecule has 0 saturated carbocycles. The summed E-state index contributed by atoms with van der Waals surface area (Å²) in [4.78, 5) is 39.1. The third kappa shape index (κ3) is 3.24. The highest BCUT2D eigenvalue weighted by molar-refractivity contribution is 7.98. The summed E-state index contributed by atoms with van der Waals surface area (Å²) in [6.45, 7) is 0.151. The van der Waals surface area contributed by atoms with Crippen LogP contribution in [0.1, 0.15) is 19.3 Å². The van der Waals surface area contributed by atoms with Gasteiger partial charge in [-0.2, -0.15) is 0 Å². The lowest BCUT2D eigenvalue weighted by molar-refractivity contribution is -0.140. The van der Waals surface area contributed by atoms with E-state index in [0.717, 1.165) is 10.6 Å². The fourth-order valence-corrected chi connectivity index (χ4v) is 3.82. The van der Waals surface area contributed by atoms with E-state index in [1.54, 1.807) is 11.8 Å². The summed E-state index contributed by atoms with van der Waals surface area (Å²) >= 11 is 1.55. The van der Waals surface area contributed by atoms with Gasteiger partial charge >= 0.3 is 0 Å². The smallest absolute Gasteiger partial charge is 0.233 e. The SMILES string of the molecule is CSc1ccccc1NC(=O)CCN1C(=O)[C@H]2CC=CC[C@H]2C1=O. The third-order valence-electron chi connectivity index (χ3n) is 4.54. The largest absolute Gasteiger partial charge is 0.325 e. The van der Waals surface area contributed by atoms with Crippen LogP contribution in [0.5, 0.6) is 0 Å². The number of anilines is 1. The van der Waals surface area contributed by atoms with Crippen molar-refractivity contribution in [1.29, 1.82) is 0 Å². The molecule has 0 unspecified atom stereocenters. The van der Waals surface area contributed by atoms with Gasteiger partial charge in [0.1, 0.15) is 0 Å². The molecule has 1 fully saturated rings. The summed E-state index contributed by atoms with van der Waals surface area (Å²) in [5.74, 6) is -0.922. The first-order chi connectivity index (χ1) is 11.6. The standard InChI is InChI=1S/C18H20N2O3S/c1-24-15-9-5-4-8-14(15)19-16(21)10-11-20-17(22)12-6-2-3-7-13(12)18(20)23/h2-5,8-9,12-13H,6-7,10-11H2,1H3,(H,19,21)/t12-,13+. The molecule has 5 nitrogen and oxygen atoms in total. The topological polar surface area (TPSA) is 66.5 Å². The Morgan fingerprint density at radius 2 is 1.79 bits per heavy atom. The molecule has 1 N–H and O–H groups in total. The minimum atomic E-state index is -0.234. The average molecular weight is 344 g/mol. The zero-order chi connectivity index (χ0) is 17.1. The Balaban J connectivity index is 1.58. The summed E-state index contributed by atoms with van der Waals surface area (Å²) in [6, 6.07) is 7.56. The molecule has 1 aromatic rings. The lowest BCUT2D eigenvalue weighted by Crippen LogP contribution is -2.34. The number of rotatable bonds is 5. The Kier molecular flexibility index (Phi) is 5.04. The fourth-order valence-electron chi connectivity index (χ4n) is 3.26. The molecule has 2 atom stereocenters. The number of hydrogen-bond acceptors (Lipinski definition) is 4. The molecule has 3 rings (SSSR count). The monoisotopic (exact) mass is 344 g/mol. The van der Waals surface area contributed by atoms with E-state index >= 15 is 0 Å². The predicted molar refractivity (Wildman–Crippen MR) is 93.5 cm³/mol. The van der Waals surface area contributed by atoms with E-state index in [1.165, 1.54) is 4.90 Å². The van der Waals surface area contributed by atoms with Crippen LogP contribution in [0, 0.1) is 11.8 Å². The first-order valence-electron chi connectivity index (χ1n) is 8.05. The van der Waals surface area contributed by atoms with Gasteiger partial charge in [-0.15, -0.1) is 11.8 Å². The van der Waals surface area contributed by atoms with Crippen molar-refractivity contribution in [1.82, 2.24) is 4.90 Å². The number of imide groups is 1. The number of para-hydroxylation sites is 1. The zero-order valence-electron chi connectivity index (χ0n) is 13.5. The molecule has 0 aromatic heterocycles. The number of carbonyl (C=O) groups excluding carboxylic acids is 3. The van der Waals surface area contributed by atoms with Crippen molar-refractivity contribution in [3.63, 3.8) is 0 Å². The second-order valence-corrected chi connectivity index (χ2v) is 6.83. The van der Waals surface area contributed by atoms with Gasteiger partial charge in [-0.25, -0.2) is 0 Å². The predicted octanol–water partition coefficient (Wildman–Crippen LogP) is 2.69. The van der Waals surface area contributed by atoms with Crippen LogP contribution in [-0.4, -0.2) is 35.4 Å². The van der Waals surface area contributed by atoms with Crippen LogP contribution in [0.15, 0.2) is 41.3 Å². The summed E-state index contributed by atoms with van der Waals surface area (Å²) in [7, 11) is 0. The van der Waals surface area contributed by atoms with Crippen molar-refractivity contribution in [3.8, 4) is 0 Å². The molecule has 126 valence electrons. The summed E-state index contributed by atoms with van der Waals surface area (Å²) in [6.07, 6.45) is 7.23. The maximum Gasteiger partial charge on any atom is 0.233 e. The van der Waals surface area contributed by atoms with Crippen LogP contribution in [0.2, 0.25) is 0 Å². The minimum Gasteiger partial charge on any atom is -0.325 e. The molecule has 0 spiro atoms. The number of nitrogens with one attached hydrogen (secondary N) is 1. The Morgan fingerprint density at radius 1 is 1.17 bits per heavy atom. The number of likely N-dealkylation sites (tertiary alicyclic amines) is 1. The highest BCUT2D eigenvalue weighted by Gasteiger charge is 2.46. The molecule has 0 radical (unpaired) electrons. The van der Waals surface area contributed by atoms with Crippen molar-refractivity contribution in [2.24, 2.45) is 11.8 Å². The molecular weight excluding hydrogens is 324 g/mol. The van der Waals surface area contributed by atoms with Gasteiger partial charge in [-0.05, 0) is 31.2 Å². The maximum atomic E-state index is 12.4. The lowest BCUT2D eigenvalue weighted by atomic mass is 9.85. The van der Waals surface area contributed by atoms with Crippen molar-refractivity contribution in [3.05, 3.63) is 36.4 Å². The van der Waals surface area contributed by atoms with E-state index in [-0.39, 0.29) is 42.5 Å². The van der Waals surface area contributed by atoms with E-state index in [2.05, 4.69) is 5.32 Å². The molecule has 1 aliphatic carbocycles. The Morgan fingerprint density at radius 3 is 2.42 bits per heavy atom. The van der Waals surface area contributed by atoms with Crippen LogP contribution >= 0.6 is 11.8 Å². The molecular formula is C18H20N2O3S. The van der Waals surface area contributed by atoms with E-state index in [9.17, 15) is 14.4 Å². The Hall–Kier alpha value is -2.08. The normalized spacial score (nSPS) is 22.6. The number of carbonyl (C=O) groups is 3. The highest BCUT2D eigenvalue weighted by Crippen LogP contribution is 2.35. The van der Waals surface area contributed by atoms with E-state index in [1.807, 2.05) is 42.7 Å². The molecule has 6 heteroatoms. The number of amides is 3. The molecule has 3 amide bonds. The van der Waals surface area contributed by atoms with Gasteiger partial charge < -0.3 is 5.32 Å². The molecule has 1 aromatic carbocycles. The van der Waals surface area contributed by atoms with Crippen LogP contribution in [0.3, 0.4) is 0 Å². The van der Waals surface area contributed by atoms with Crippen molar-refractivity contribution in [2.75, 3.05) is 18.1 Å². The second kappa shape index (κ2) is 7.21. The van der Waals surface area contributed by atoms with Crippen LogP contribution in [0.25, 0.3) is 0 Å². The van der Waals surface area contributed by atoms with Gasteiger partial charge in [0.05, 0.1) is 17.5 Å². The van der Waals surface area contributed by atoms with Gasteiger partial charge in [0.2, 0.25) is 17.7 Å². The molecule has 2 aliphatic rings. The number of allylic oxidation sites excluding steroid dienone is 2. The fraction of sp³-hybridized carbons (Fsp3) is 0.389. The average Bonchev–Trinajstić information content (AvgIpc) is 2.85. The first-order valence-corrected chi connectivity index (χ1v) is 9.27. The summed E-state index contributed by atoms with van der Waals surface area (Å²) in [5, 5.41) is 2.86. The van der Waals surface area contributed by atoms with Gasteiger partial charge in [0.25, 0.3) is 0 Å². The number of hydrogen-bond donors (Lipinski definition) is 1. The van der Waals surface area contributed by atoms with Gasteiger partial charge in [0.15, 0.2) is 0 Å². The molecule has 24 heavy (non-hydrogen) atoms. The van der Waals surface area contributed by atoms with Gasteiger partial charge in [-0.3, -0.25) is 19.3 Å². The van der Waals surface area contributed by atoms with Crippen LogP contribution in [-0.2, 0) is 14.4 Å². The molecule has 1 aliphatic heterocycles. The highest BCUT2D eigenvalue weighted by atomic mass is 32.2. The summed E-state index contributed by atoms with van der Waals surface area (Å²) < 4.78 is 0. The van der Waals surface area contributed by atoms with Crippen LogP contribution in [0.4, 0.5) is 5.69 Å². The third-order valence-corrected chi connectivity index (χ3v) is 5.34. The van der Waals surface area contributed by atoms with Gasteiger partial charge in [-0.1, -0.05) is 24.3 Å². The van der Waals surface area contributed by atoms with Gasteiger partial charge in [0, 0.05) is 17.9 Å². The zero-order valence-corrected chi connectivity index (χ0v) is 14.3. The molecule has 0 bridgehead atoms. The number of fused-ring (bicyclic) bond motifs is 1. The van der Waals surface area contributed by atoms with Crippen molar-refractivity contribution in [2.45, 2.75) is 24.2 Å². The van der Waals surface area contributed by atoms with Crippen LogP contribution < -0.4 is 5.32 Å².